The van der Waals surface area contributed by atoms with E-state index < -0.39 is 12.5 Å². The maximum Gasteiger partial charge on any atom is 0.388 e. The van der Waals surface area contributed by atoms with Crippen LogP contribution in [-0.2, 0) is 11.2 Å². The standard InChI is InChI=1S/C6H7F2N3O2/c7-6(8)13-5-2-3(10-11-5)1-4(9)12/h2,6H,1H2,(H2,9,12)(H,10,11). The van der Waals surface area contributed by atoms with Gasteiger partial charge >= 0.3 is 6.61 Å². The Hall–Kier alpha value is -1.66. The number of hydrogen-bond acceptors (Lipinski definition) is 3. The fraction of sp³-hybridized carbons (Fsp3) is 0.333. The van der Waals surface area contributed by atoms with E-state index in [0.717, 1.165) is 0 Å². The predicted molar refractivity (Wildman–Crippen MR) is 38.1 cm³/mol. The lowest BCUT2D eigenvalue weighted by atomic mass is 10.3. The number of primary amides is 1. The van der Waals surface area contributed by atoms with Gasteiger partial charge in [-0.1, -0.05) is 0 Å². The number of rotatable bonds is 4. The van der Waals surface area contributed by atoms with Crippen LogP contribution in [-0.4, -0.2) is 22.7 Å². The van der Waals surface area contributed by atoms with Gasteiger partial charge in [0.05, 0.1) is 6.42 Å². The molecule has 1 rings (SSSR count). The highest BCUT2D eigenvalue weighted by molar-refractivity contribution is 5.76. The third kappa shape index (κ3) is 3.06. The molecule has 0 aliphatic rings. The Bertz CT molecular complexity index is 300. The zero-order valence-corrected chi connectivity index (χ0v) is 6.46. The average molecular weight is 191 g/mol. The van der Waals surface area contributed by atoms with Crippen LogP contribution in [0.5, 0.6) is 5.88 Å². The van der Waals surface area contributed by atoms with Crippen LogP contribution in [0, 0.1) is 0 Å². The number of carbonyl (C=O) groups is 1. The minimum Gasteiger partial charge on any atom is -0.415 e. The average Bonchev–Trinajstić information content (AvgIpc) is 2.33. The van der Waals surface area contributed by atoms with Crippen molar-refractivity contribution in [2.45, 2.75) is 13.0 Å². The van der Waals surface area contributed by atoms with E-state index in [0.29, 0.717) is 5.69 Å². The summed E-state index contributed by atoms with van der Waals surface area (Å²) in [7, 11) is 0. The molecular weight excluding hydrogens is 184 g/mol. The first kappa shape index (κ1) is 9.43. The molecule has 1 heterocycles. The number of nitrogens with one attached hydrogen (secondary N) is 1. The first-order chi connectivity index (χ1) is 6.08. The molecule has 3 N–H and O–H groups in total. The van der Waals surface area contributed by atoms with Gasteiger partial charge in [-0.05, 0) is 0 Å². The van der Waals surface area contributed by atoms with Crippen LogP contribution in [0.3, 0.4) is 0 Å². The highest BCUT2D eigenvalue weighted by Gasteiger charge is 2.09. The van der Waals surface area contributed by atoms with Gasteiger partial charge < -0.3 is 10.5 Å². The van der Waals surface area contributed by atoms with E-state index in [1.54, 1.807) is 0 Å². The minimum atomic E-state index is -2.93. The van der Waals surface area contributed by atoms with E-state index in [2.05, 4.69) is 14.9 Å². The molecule has 1 aromatic rings. The molecular formula is C6H7F2N3O2. The van der Waals surface area contributed by atoms with E-state index in [1.807, 2.05) is 0 Å². The lowest BCUT2D eigenvalue weighted by Crippen LogP contribution is -2.13. The highest BCUT2D eigenvalue weighted by Crippen LogP contribution is 2.11. The van der Waals surface area contributed by atoms with Crippen molar-refractivity contribution < 1.29 is 18.3 Å². The summed E-state index contributed by atoms with van der Waals surface area (Å²) in [6.45, 7) is -2.93. The highest BCUT2D eigenvalue weighted by atomic mass is 19.3. The SMILES string of the molecule is NC(=O)Cc1cc(OC(F)F)n[nH]1. The lowest BCUT2D eigenvalue weighted by molar-refractivity contribution is -0.117. The van der Waals surface area contributed by atoms with E-state index in [9.17, 15) is 13.6 Å². The summed E-state index contributed by atoms with van der Waals surface area (Å²) in [6.07, 6.45) is -0.0837. The quantitative estimate of drug-likeness (QED) is 0.704. The summed E-state index contributed by atoms with van der Waals surface area (Å²) in [5, 5.41) is 5.71. The number of aromatic nitrogens is 2. The minimum absolute atomic E-state index is 0.0837. The summed E-state index contributed by atoms with van der Waals surface area (Å²) in [6, 6.07) is 1.19. The molecule has 0 atom stereocenters. The Morgan fingerprint density at radius 1 is 1.77 bits per heavy atom. The normalized spacial score (nSPS) is 10.4. The van der Waals surface area contributed by atoms with Gasteiger partial charge in [0.2, 0.25) is 11.8 Å². The fourth-order valence-corrected chi connectivity index (χ4v) is 0.770. The lowest BCUT2D eigenvalue weighted by Gasteiger charge is -1.96. The Labute approximate surface area is 71.9 Å². The van der Waals surface area contributed by atoms with Crippen molar-refractivity contribution in [1.29, 1.82) is 0 Å². The van der Waals surface area contributed by atoms with Crippen molar-refractivity contribution >= 4 is 5.91 Å². The zero-order valence-electron chi connectivity index (χ0n) is 6.46. The molecule has 72 valence electrons. The number of nitrogens with two attached hydrogens (primary N) is 1. The van der Waals surface area contributed by atoms with Crippen LogP contribution in [0.1, 0.15) is 5.69 Å². The third-order valence-electron chi connectivity index (χ3n) is 1.18. The van der Waals surface area contributed by atoms with Crippen molar-refractivity contribution in [3.05, 3.63) is 11.8 Å². The largest absolute Gasteiger partial charge is 0.415 e. The number of alkyl halides is 2. The molecule has 0 fully saturated rings. The van der Waals surface area contributed by atoms with E-state index in [-0.39, 0.29) is 12.3 Å². The van der Waals surface area contributed by atoms with Gasteiger partial charge in [0.15, 0.2) is 0 Å². The van der Waals surface area contributed by atoms with Crippen molar-refractivity contribution in [3.8, 4) is 5.88 Å². The van der Waals surface area contributed by atoms with Gasteiger partial charge in [-0.15, -0.1) is 5.10 Å². The van der Waals surface area contributed by atoms with Gasteiger partial charge in [-0.25, -0.2) is 0 Å². The number of H-pyrrole nitrogens is 1. The predicted octanol–water partition coefficient (Wildman–Crippen LogP) is 0.0389. The number of ether oxygens (including phenoxy) is 1. The molecule has 0 spiro atoms. The number of amides is 1. The molecule has 0 bridgehead atoms. The maximum atomic E-state index is 11.6. The maximum absolute atomic E-state index is 11.6. The molecule has 13 heavy (non-hydrogen) atoms. The van der Waals surface area contributed by atoms with Crippen LogP contribution in [0.2, 0.25) is 0 Å². The molecule has 1 aromatic heterocycles. The summed E-state index contributed by atoms with van der Waals surface area (Å²) < 4.78 is 27.2. The molecule has 7 heteroatoms. The molecule has 0 aromatic carbocycles. The number of hydrogen-bond donors (Lipinski definition) is 2. The second-order valence-electron chi connectivity index (χ2n) is 2.25. The molecule has 0 saturated heterocycles. The van der Waals surface area contributed by atoms with E-state index in [4.69, 9.17) is 5.73 Å². The summed E-state index contributed by atoms with van der Waals surface area (Å²) in [5.74, 6) is -0.835. The van der Waals surface area contributed by atoms with E-state index in [1.165, 1.54) is 6.07 Å². The monoisotopic (exact) mass is 191 g/mol. The van der Waals surface area contributed by atoms with Crippen LogP contribution >= 0.6 is 0 Å². The summed E-state index contributed by atoms with van der Waals surface area (Å²) in [5.41, 5.74) is 5.20. The summed E-state index contributed by atoms with van der Waals surface area (Å²) in [4.78, 5) is 10.4. The van der Waals surface area contributed by atoms with Gasteiger partial charge in [0.25, 0.3) is 0 Å². The van der Waals surface area contributed by atoms with Crippen molar-refractivity contribution in [2.24, 2.45) is 5.73 Å². The van der Waals surface area contributed by atoms with E-state index >= 15 is 0 Å². The second-order valence-corrected chi connectivity index (χ2v) is 2.25. The van der Waals surface area contributed by atoms with Gasteiger partial charge in [-0.2, -0.15) is 8.78 Å². The van der Waals surface area contributed by atoms with Crippen LogP contribution in [0.15, 0.2) is 6.07 Å². The molecule has 0 radical (unpaired) electrons. The fourth-order valence-electron chi connectivity index (χ4n) is 0.770. The van der Waals surface area contributed by atoms with Crippen molar-refractivity contribution in [3.63, 3.8) is 0 Å². The van der Waals surface area contributed by atoms with Gasteiger partial charge in [-0.3, -0.25) is 9.89 Å². The summed E-state index contributed by atoms with van der Waals surface area (Å²) >= 11 is 0. The molecule has 1 amide bonds. The Balaban J connectivity index is 2.58. The van der Waals surface area contributed by atoms with Crippen LogP contribution < -0.4 is 10.5 Å². The topological polar surface area (TPSA) is 81.0 Å². The van der Waals surface area contributed by atoms with Crippen molar-refractivity contribution in [1.82, 2.24) is 10.2 Å². The number of halogens is 2. The number of aromatic amines is 1. The van der Waals surface area contributed by atoms with Crippen LogP contribution in [0.25, 0.3) is 0 Å². The first-order valence-electron chi connectivity index (χ1n) is 3.35. The zero-order chi connectivity index (χ0) is 9.84. The first-order valence-corrected chi connectivity index (χ1v) is 3.35. The Morgan fingerprint density at radius 2 is 2.46 bits per heavy atom. The van der Waals surface area contributed by atoms with Gasteiger partial charge in [0, 0.05) is 11.8 Å². The molecule has 0 saturated carbocycles. The third-order valence-corrected chi connectivity index (χ3v) is 1.18. The second kappa shape index (κ2) is 3.83. The van der Waals surface area contributed by atoms with Gasteiger partial charge in [0.1, 0.15) is 0 Å². The molecule has 0 aliphatic carbocycles. The molecule has 0 unspecified atom stereocenters. The number of carbonyl (C=O) groups excluding carboxylic acids is 1. The Morgan fingerprint density at radius 3 is 3.00 bits per heavy atom. The van der Waals surface area contributed by atoms with Crippen molar-refractivity contribution in [2.75, 3.05) is 0 Å². The Kier molecular flexibility index (Phi) is 2.78. The molecule has 0 aliphatic heterocycles. The van der Waals surface area contributed by atoms with Crippen LogP contribution in [0.4, 0.5) is 8.78 Å². The molecule has 5 nitrogen and oxygen atoms in total. The number of nitrogens with zero attached hydrogens (tertiary/aromatic N) is 1. The smallest absolute Gasteiger partial charge is 0.388 e.